The maximum atomic E-state index is 14.0. The largest absolute Gasteiger partial charge is 0.493 e. The number of halogens is 3. The maximum absolute atomic E-state index is 14.0. The van der Waals surface area contributed by atoms with Crippen LogP contribution in [0.1, 0.15) is 22.1 Å². The van der Waals surface area contributed by atoms with Crippen LogP contribution in [0, 0.1) is 18.6 Å². The van der Waals surface area contributed by atoms with Gasteiger partial charge in [-0.1, -0.05) is 6.07 Å². The van der Waals surface area contributed by atoms with Crippen LogP contribution in [-0.2, 0) is 0 Å². The van der Waals surface area contributed by atoms with E-state index >= 15 is 0 Å². The van der Waals surface area contributed by atoms with Crippen molar-refractivity contribution < 1.29 is 18.3 Å². The minimum Gasteiger partial charge on any atom is -0.493 e. The van der Waals surface area contributed by atoms with E-state index in [1.54, 1.807) is 18.2 Å². The Hall–Kier alpha value is -1.81. The van der Waals surface area contributed by atoms with Crippen LogP contribution in [-0.4, -0.2) is 14.2 Å². The number of ether oxygens (including phenoxy) is 2. The number of rotatable bonds is 4. The minimum absolute atomic E-state index is 0.0898. The molecule has 5 heteroatoms. The Labute approximate surface area is 127 Å². The molecule has 0 aliphatic carbocycles. The third-order valence-corrected chi connectivity index (χ3v) is 3.74. The van der Waals surface area contributed by atoms with E-state index in [4.69, 9.17) is 21.1 Å². The number of hydrogen-bond donors (Lipinski definition) is 0. The van der Waals surface area contributed by atoms with Crippen LogP contribution in [0.2, 0.25) is 0 Å². The number of alkyl halides is 1. The van der Waals surface area contributed by atoms with Gasteiger partial charge in [0, 0.05) is 5.56 Å². The van der Waals surface area contributed by atoms with Gasteiger partial charge in [0.25, 0.3) is 0 Å². The van der Waals surface area contributed by atoms with Crippen molar-refractivity contribution in [1.82, 2.24) is 0 Å². The van der Waals surface area contributed by atoms with Crippen LogP contribution < -0.4 is 9.47 Å². The minimum atomic E-state index is -0.820. The number of benzene rings is 2. The molecule has 0 N–H and O–H groups in total. The van der Waals surface area contributed by atoms with Crippen molar-refractivity contribution in [3.63, 3.8) is 0 Å². The Morgan fingerprint density at radius 2 is 1.62 bits per heavy atom. The van der Waals surface area contributed by atoms with E-state index in [9.17, 15) is 8.78 Å². The monoisotopic (exact) mass is 312 g/mol. The molecule has 0 bridgehead atoms. The maximum Gasteiger partial charge on any atom is 0.161 e. The summed E-state index contributed by atoms with van der Waals surface area (Å²) in [6, 6.07) is 7.27. The molecule has 2 aromatic rings. The van der Waals surface area contributed by atoms with E-state index in [0.717, 1.165) is 12.1 Å². The molecule has 2 nitrogen and oxygen atoms in total. The Kier molecular flexibility index (Phi) is 4.68. The molecule has 2 rings (SSSR count). The van der Waals surface area contributed by atoms with E-state index in [1.807, 2.05) is 0 Å². The molecule has 2 aromatic carbocycles. The van der Waals surface area contributed by atoms with Crippen molar-refractivity contribution in [1.29, 1.82) is 0 Å². The first-order chi connectivity index (χ1) is 9.97. The molecule has 0 spiro atoms. The summed E-state index contributed by atoms with van der Waals surface area (Å²) >= 11 is 6.28. The highest BCUT2D eigenvalue weighted by Gasteiger charge is 2.19. The summed E-state index contributed by atoms with van der Waals surface area (Å²) in [4.78, 5) is 0. The summed E-state index contributed by atoms with van der Waals surface area (Å²) in [6.07, 6.45) is 0. The van der Waals surface area contributed by atoms with Crippen molar-refractivity contribution in [2.75, 3.05) is 14.2 Å². The molecular weight excluding hydrogens is 298 g/mol. The van der Waals surface area contributed by atoms with E-state index < -0.39 is 17.0 Å². The van der Waals surface area contributed by atoms with Gasteiger partial charge in [-0.15, -0.1) is 11.6 Å². The predicted octanol–water partition coefficient (Wildman–Crippen LogP) is 4.62. The summed E-state index contributed by atoms with van der Waals surface area (Å²) < 4.78 is 37.9. The SMILES string of the molecule is COc1ccc(C(Cl)c2cc(F)c(C)cc2F)cc1OC. The summed E-state index contributed by atoms with van der Waals surface area (Å²) in [7, 11) is 3.02. The molecule has 0 saturated heterocycles. The van der Waals surface area contributed by atoms with Gasteiger partial charge in [0.15, 0.2) is 11.5 Å². The average molecular weight is 313 g/mol. The van der Waals surface area contributed by atoms with Crippen molar-refractivity contribution in [2.24, 2.45) is 0 Å². The molecule has 112 valence electrons. The predicted molar refractivity (Wildman–Crippen MR) is 78.3 cm³/mol. The van der Waals surface area contributed by atoms with Gasteiger partial charge >= 0.3 is 0 Å². The first-order valence-electron chi connectivity index (χ1n) is 6.29. The lowest BCUT2D eigenvalue weighted by atomic mass is 10.0. The first-order valence-corrected chi connectivity index (χ1v) is 6.73. The molecule has 0 radical (unpaired) electrons. The van der Waals surface area contributed by atoms with Gasteiger partial charge in [-0.2, -0.15) is 0 Å². The standard InChI is InChI=1S/C16H15ClF2O2/c1-9-6-13(19)11(8-12(9)18)16(17)10-4-5-14(20-2)15(7-10)21-3/h4-8,16H,1-3H3. The zero-order chi connectivity index (χ0) is 15.6. The number of methoxy groups -OCH3 is 2. The molecule has 1 unspecified atom stereocenters. The second-order valence-corrected chi connectivity index (χ2v) is 5.04. The second-order valence-electron chi connectivity index (χ2n) is 4.60. The fourth-order valence-corrected chi connectivity index (χ4v) is 2.35. The van der Waals surface area contributed by atoms with Crippen LogP contribution in [0.5, 0.6) is 11.5 Å². The molecule has 0 aliphatic heterocycles. The van der Waals surface area contributed by atoms with E-state index in [2.05, 4.69) is 0 Å². The first kappa shape index (κ1) is 15.6. The van der Waals surface area contributed by atoms with Gasteiger partial charge in [-0.25, -0.2) is 8.78 Å². The quantitative estimate of drug-likeness (QED) is 0.767. The molecule has 0 amide bonds. The molecule has 0 heterocycles. The van der Waals surface area contributed by atoms with Gasteiger partial charge < -0.3 is 9.47 Å². The topological polar surface area (TPSA) is 18.5 Å². The van der Waals surface area contributed by atoms with Gasteiger partial charge in [0.2, 0.25) is 0 Å². The van der Waals surface area contributed by atoms with Crippen LogP contribution in [0.4, 0.5) is 8.78 Å². The van der Waals surface area contributed by atoms with E-state index in [0.29, 0.717) is 17.1 Å². The Morgan fingerprint density at radius 1 is 0.952 bits per heavy atom. The smallest absolute Gasteiger partial charge is 0.161 e. The van der Waals surface area contributed by atoms with Crippen molar-refractivity contribution in [2.45, 2.75) is 12.3 Å². The lowest BCUT2D eigenvalue weighted by molar-refractivity contribution is 0.354. The molecule has 0 saturated carbocycles. The number of hydrogen-bond acceptors (Lipinski definition) is 2. The zero-order valence-electron chi connectivity index (χ0n) is 11.9. The van der Waals surface area contributed by atoms with E-state index in [-0.39, 0.29) is 11.1 Å². The lowest BCUT2D eigenvalue weighted by Gasteiger charge is -2.15. The molecule has 1 atom stereocenters. The van der Waals surface area contributed by atoms with Crippen LogP contribution in [0.15, 0.2) is 30.3 Å². The van der Waals surface area contributed by atoms with Crippen molar-refractivity contribution >= 4 is 11.6 Å². The van der Waals surface area contributed by atoms with Crippen molar-refractivity contribution in [3.8, 4) is 11.5 Å². The fourth-order valence-electron chi connectivity index (χ4n) is 2.05. The lowest BCUT2D eigenvalue weighted by Crippen LogP contribution is -2.01. The second kappa shape index (κ2) is 6.31. The Morgan fingerprint density at radius 3 is 2.24 bits per heavy atom. The van der Waals surface area contributed by atoms with Crippen molar-refractivity contribution in [3.05, 3.63) is 58.7 Å². The third-order valence-electron chi connectivity index (χ3n) is 3.25. The average Bonchev–Trinajstić information content (AvgIpc) is 2.49. The third kappa shape index (κ3) is 3.10. The Balaban J connectivity index is 2.45. The highest BCUT2D eigenvalue weighted by molar-refractivity contribution is 6.22. The summed E-state index contributed by atoms with van der Waals surface area (Å²) in [5.74, 6) is -0.00414. The van der Waals surface area contributed by atoms with Gasteiger partial charge in [-0.05, 0) is 42.3 Å². The highest BCUT2D eigenvalue weighted by atomic mass is 35.5. The molecule has 21 heavy (non-hydrogen) atoms. The van der Waals surface area contributed by atoms with Crippen LogP contribution in [0.3, 0.4) is 0 Å². The van der Waals surface area contributed by atoms with Gasteiger partial charge in [0.05, 0.1) is 19.6 Å². The fraction of sp³-hybridized carbons (Fsp3) is 0.250. The van der Waals surface area contributed by atoms with E-state index in [1.165, 1.54) is 21.1 Å². The molecule has 0 aliphatic rings. The summed E-state index contributed by atoms with van der Waals surface area (Å²) in [5, 5.41) is -0.820. The van der Waals surface area contributed by atoms with Gasteiger partial charge in [-0.3, -0.25) is 0 Å². The highest BCUT2D eigenvalue weighted by Crippen LogP contribution is 2.36. The molecule has 0 aromatic heterocycles. The Bertz CT molecular complexity index is 659. The summed E-state index contributed by atoms with van der Waals surface area (Å²) in [6.45, 7) is 1.50. The normalized spacial score (nSPS) is 12.1. The number of aryl methyl sites for hydroxylation is 1. The van der Waals surface area contributed by atoms with Crippen LogP contribution in [0.25, 0.3) is 0 Å². The molecule has 0 fully saturated rings. The summed E-state index contributed by atoms with van der Waals surface area (Å²) in [5.41, 5.74) is 0.927. The zero-order valence-corrected chi connectivity index (χ0v) is 12.7. The van der Waals surface area contributed by atoms with Crippen LogP contribution >= 0.6 is 11.6 Å². The molecular formula is C16H15ClF2O2. The van der Waals surface area contributed by atoms with Gasteiger partial charge in [0.1, 0.15) is 11.6 Å².